The van der Waals surface area contributed by atoms with Crippen LogP contribution in [0.15, 0.2) is 24.3 Å². The summed E-state index contributed by atoms with van der Waals surface area (Å²) in [6.45, 7) is 0. The first-order valence-corrected chi connectivity index (χ1v) is 6.56. The molecule has 0 bridgehead atoms. The lowest BCUT2D eigenvalue weighted by atomic mass is 10.1. The maximum atomic E-state index is 11.9. The summed E-state index contributed by atoms with van der Waals surface area (Å²) in [6, 6.07) is 4.34. The largest absolute Gasteiger partial charge is 0.508 e. The van der Waals surface area contributed by atoms with E-state index in [-0.39, 0.29) is 24.5 Å². The molecule has 0 saturated carbocycles. The van der Waals surface area contributed by atoms with Crippen LogP contribution in [0.5, 0.6) is 5.75 Å². The zero-order chi connectivity index (χ0) is 15.4. The highest BCUT2D eigenvalue weighted by molar-refractivity contribution is 5.92. The standard InChI is InChI=1S/C14H16N2O5/c17-9-3-1-8(2-4-9)7-11(14(20)21)16-13(19)10-5-6-12(18)15-10/h1-4,10-11,17H,5-7H2,(H,15,18)(H,16,19)(H,20,21)/t10-,11-/m0/s1. The number of amides is 2. The van der Waals surface area contributed by atoms with Crippen LogP contribution in [0.3, 0.4) is 0 Å². The molecule has 2 amide bonds. The summed E-state index contributed by atoms with van der Waals surface area (Å²) < 4.78 is 0. The molecule has 21 heavy (non-hydrogen) atoms. The smallest absolute Gasteiger partial charge is 0.326 e. The van der Waals surface area contributed by atoms with Gasteiger partial charge in [0.1, 0.15) is 17.8 Å². The Bertz CT molecular complexity index is 555. The molecular formula is C14H16N2O5. The molecule has 1 aliphatic rings. The summed E-state index contributed by atoms with van der Waals surface area (Å²) in [5.41, 5.74) is 0.677. The normalized spacial score (nSPS) is 18.9. The first-order valence-electron chi connectivity index (χ1n) is 6.56. The summed E-state index contributed by atoms with van der Waals surface area (Å²) in [4.78, 5) is 34.2. The highest BCUT2D eigenvalue weighted by Gasteiger charge is 2.30. The van der Waals surface area contributed by atoms with Gasteiger partial charge in [-0.05, 0) is 24.1 Å². The van der Waals surface area contributed by atoms with E-state index in [0.717, 1.165) is 0 Å². The van der Waals surface area contributed by atoms with Crippen LogP contribution < -0.4 is 10.6 Å². The van der Waals surface area contributed by atoms with E-state index in [9.17, 15) is 24.6 Å². The van der Waals surface area contributed by atoms with Gasteiger partial charge in [0.15, 0.2) is 0 Å². The fourth-order valence-corrected chi connectivity index (χ4v) is 2.15. The number of rotatable bonds is 5. The SMILES string of the molecule is O=C1CC[C@@H](C(=O)N[C@@H](Cc2ccc(O)cc2)C(=O)O)N1. The predicted molar refractivity (Wildman–Crippen MR) is 72.5 cm³/mol. The molecule has 112 valence electrons. The van der Waals surface area contributed by atoms with Gasteiger partial charge in [-0.3, -0.25) is 9.59 Å². The molecule has 2 atom stereocenters. The Morgan fingerprint density at radius 1 is 1.33 bits per heavy atom. The topological polar surface area (TPSA) is 116 Å². The number of phenolic OH excluding ortho intramolecular Hbond substituents is 1. The van der Waals surface area contributed by atoms with Crippen LogP contribution in [-0.2, 0) is 20.8 Å². The fourth-order valence-electron chi connectivity index (χ4n) is 2.15. The molecule has 1 aliphatic heterocycles. The molecule has 7 nitrogen and oxygen atoms in total. The van der Waals surface area contributed by atoms with E-state index in [1.807, 2.05) is 0 Å². The summed E-state index contributed by atoms with van der Waals surface area (Å²) in [5.74, 6) is -1.77. The van der Waals surface area contributed by atoms with Crippen LogP contribution in [0.2, 0.25) is 0 Å². The second-order valence-electron chi connectivity index (χ2n) is 4.93. The van der Waals surface area contributed by atoms with Gasteiger partial charge in [0.2, 0.25) is 11.8 Å². The van der Waals surface area contributed by atoms with Crippen molar-refractivity contribution in [2.24, 2.45) is 0 Å². The van der Waals surface area contributed by atoms with Gasteiger partial charge in [0.25, 0.3) is 0 Å². The van der Waals surface area contributed by atoms with Crippen LogP contribution in [0.25, 0.3) is 0 Å². The van der Waals surface area contributed by atoms with Gasteiger partial charge < -0.3 is 20.8 Å². The van der Waals surface area contributed by atoms with Crippen molar-refractivity contribution in [3.05, 3.63) is 29.8 Å². The van der Waals surface area contributed by atoms with Crippen molar-refractivity contribution in [2.75, 3.05) is 0 Å². The lowest BCUT2D eigenvalue weighted by Gasteiger charge is -2.17. The number of nitrogens with one attached hydrogen (secondary N) is 2. The minimum atomic E-state index is -1.15. The Morgan fingerprint density at radius 2 is 2.00 bits per heavy atom. The fraction of sp³-hybridized carbons (Fsp3) is 0.357. The number of carboxylic acid groups (broad SMARTS) is 1. The Balaban J connectivity index is 1.99. The molecule has 1 aromatic carbocycles. The summed E-state index contributed by atoms with van der Waals surface area (Å²) in [6.07, 6.45) is 0.742. The summed E-state index contributed by atoms with van der Waals surface area (Å²) >= 11 is 0. The summed E-state index contributed by atoms with van der Waals surface area (Å²) in [7, 11) is 0. The average Bonchev–Trinajstić information content (AvgIpc) is 2.87. The van der Waals surface area contributed by atoms with Gasteiger partial charge in [-0.1, -0.05) is 12.1 Å². The van der Waals surface area contributed by atoms with E-state index in [1.165, 1.54) is 12.1 Å². The Hall–Kier alpha value is -2.57. The molecule has 2 rings (SSSR count). The second kappa shape index (κ2) is 6.25. The lowest BCUT2D eigenvalue weighted by Crippen LogP contribution is -2.49. The van der Waals surface area contributed by atoms with Crippen molar-refractivity contribution in [3.63, 3.8) is 0 Å². The van der Waals surface area contributed by atoms with Gasteiger partial charge in [0, 0.05) is 12.8 Å². The van der Waals surface area contributed by atoms with E-state index >= 15 is 0 Å². The Labute approximate surface area is 121 Å². The monoisotopic (exact) mass is 292 g/mol. The molecule has 0 aromatic heterocycles. The number of hydrogen-bond donors (Lipinski definition) is 4. The van der Waals surface area contributed by atoms with E-state index in [2.05, 4.69) is 10.6 Å². The van der Waals surface area contributed by atoms with E-state index in [0.29, 0.717) is 12.0 Å². The minimum Gasteiger partial charge on any atom is -0.508 e. The molecule has 4 N–H and O–H groups in total. The molecule has 0 radical (unpaired) electrons. The van der Waals surface area contributed by atoms with Crippen molar-refractivity contribution >= 4 is 17.8 Å². The number of phenols is 1. The van der Waals surface area contributed by atoms with Crippen molar-refractivity contribution in [1.82, 2.24) is 10.6 Å². The van der Waals surface area contributed by atoms with Gasteiger partial charge in [-0.2, -0.15) is 0 Å². The van der Waals surface area contributed by atoms with Crippen LogP contribution >= 0.6 is 0 Å². The number of carbonyl (C=O) groups excluding carboxylic acids is 2. The first-order chi connectivity index (χ1) is 9.95. The maximum absolute atomic E-state index is 11.9. The molecule has 0 unspecified atom stereocenters. The zero-order valence-corrected chi connectivity index (χ0v) is 11.2. The van der Waals surface area contributed by atoms with Crippen molar-refractivity contribution in [1.29, 1.82) is 0 Å². The number of aromatic hydroxyl groups is 1. The Kier molecular flexibility index (Phi) is 4.42. The Morgan fingerprint density at radius 3 is 2.52 bits per heavy atom. The molecule has 0 spiro atoms. The number of hydrogen-bond acceptors (Lipinski definition) is 4. The first kappa shape index (κ1) is 14.8. The van der Waals surface area contributed by atoms with Crippen LogP contribution in [0, 0.1) is 0 Å². The predicted octanol–water partition coefficient (Wildman–Crippen LogP) is -0.217. The van der Waals surface area contributed by atoms with E-state index in [1.54, 1.807) is 12.1 Å². The molecular weight excluding hydrogens is 276 g/mol. The van der Waals surface area contributed by atoms with Crippen molar-refractivity contribution in [3.8, 4) is 5.75 Å². The lowest BCUT2D eigenvalue weighted by molar-refractivity contribution is -0.142. The van der Waals surface area contributed by atoms with Crippen LogP contribution in [0.1, 0.15) is 18.4 Å². The third kappa shape index (κ3) is 3.95. The van der Waals surface area contributed by atoms with Gasteiger partial charge >= 0.3 is 5.97 Å². The van der Waals surface area contributed by atoms with E-state index in [4.69, 9.17) is 0 Å². The molecule has 0 aliphatic carbocycles. The maximum Gasteiger partial charge on any atom is 0.326 e. The van der Waals surface area contributed by atoms with Crippen LogP contribution in [-0.4, -0.2) is 40.1 Å². The van der Waals surface area contributed by atoms with Crippen molar-refractivity contribution in [2.45, 2.75) is 31.3 Å². The van der Waals surface area contributed by atoms with E-state index < -0.39 is 24.0 Å². The molecule has 7 heteroatoms. The number of benzene rings is 1. The second-order valence-corrected chi connectivity index (χ2v) is 4.93. The average molecular weight is 292 g/mol. The van der Waals surface area contributed by atoms with Gasteiger partial charge in [-0.15, -0.1) is 0 Å². The number of carboxylic acids is 1. The highest BCUT2D eigenvalue weighted by atomic mass is 16.4. The molecule has 1 saturated heterocycles. The molecule has 1 aromatic rings. The number of carbonyl (C=O) groups is 3. The zero-order valence-electron chi connectivity index (χ0n) is 11.2. The van der Waals surface area contributed by atoms with Crippen LogP contribution in [0.4, 0.5) is 0 Å². The third-order valence-electron chi connectivity index (χ3n) is 3.30. The summed E-state index contributed by atoms with van der Waals surface area (Å²) in [5, 5.41) is 23.3. The van der Waals surface area contributed by atoms with Gasteiger partial charge in [-0.25, -0.2) is 4.79 Å². The van der Waals surface area contributed by atoms with Gasteiger partial charge in [0.05, 0.1) is 0 Å². The molecule has 1 fully saturated rings. The minimum absolute atomic E-state index is 0.0864. The quantitative estimate of drug-likeness (QED) is 0.599. The highest BCUT2D eigenvalue weighted by Crippen LogP contribution is 2.12. The van der Waals surface area contributed by atoms with Crippen molar-refractivity contribution < 1.29 is 24.6 Å². The molecule has 1 heterocycles. The number of aliphatic carboxylic acids is 1. The third-order valence-corrected chi connectivity index (χ3v) is 3.30.